The van der Waals surface area contributed by atoms with Crippen LogP contribution in [0.5, 0.6) is 5.88 Å². The van der Waals surface area contributed by atoms with E-state index in [1.807, 2.05) is 0 Å². The van der Waals surface area contributed by atoms with Crippen LogP contribution >= 0.6 is 11.6 Å². The fourth-order valence-electron chi connectivity index (χ4n) is 2.48. The van der Waals surface area contributed by atoms with E-state index in [0.29, 0.717) is 30.9 Å². The lowest BCUT2D eigenvalue weighted by Crippen LogP contribution is -2.24. The zero-order chi connectivity index (χ0) is 20.1. The van der Waals surface area contributed by atoms with Crippen LogP contribution in [0.1, 0.15) is 37.6 Å². The second-order valence-corrected chi connectivity index (χ2v) is 7.16. The van der Waals surface area contributed by atoms with Crippen LogP contribution in [0.4, 0.5) is 0 Å². The highest BCUT2D eigenvalue weighted by Gasteiger charge is 2.26. The number of rotatable bonds is 5. The number of carbonyl (C=O) groups is 1. The summed E-state index contributed by atoms with van der Waals surface area (Å²) in [6.45, 7) is 7.73. The monoisotopic (exact) mass is 397 g/mol. The van der Waals surface area contributed by atoms with Gasteiger partial charge in [0.25, 0.3) is 5.88 Å². The molecule has 1 aliphatic heterocycles. The summed E-state index contributed by atoms with van der Waals surface area (Å²) in [6.07, 6.45) is 1.77. The number of nitrogens with zero attached hydrogens (tertiary/aromatic N) is 3. The van der Waals surface area contributed by atoms with Crippen LogP contribution in [0, 0.1) is 5.92 Å². The molecule has 0 saturated heterocycles. The smallest absolute Gasteiger partial charge is 0.341 e. The van der Waals surface area contributed by atoms with Gasteiger partial charge < -0.3 is 19.5 Å². The predicted octanol–water partition coefficient (Wildman–Crippen LogP) is 2.50. The van der Waals surface area contributed by atoms with Gasteiger partial charge in [-0.15, -0.1) is 5.10 Å². The Morgan fingerprint density at radius 1 is 1.37 bits per heavy atom. The van der Waals surface area contributed by atoms with E-state index >= 15 is 0 Å². The molecule has 0 bridgehead atoms. The molecule has 0 atom stereocenters. The Kier molecular flexibility index (Phi) is 7.04. The van der Waals surface area contributed by atoms with Gasteiger partial charge >= 0.3 is 5.97 Å². The zero-order valence-corrected chi connectivity index (χ0v) is 16.4. The first-order chi connectivity index (χ1) is 12.8. The summed E-state index contributed by atoms with van der Waals surface area (Å²) in [4.78, 5) is 23.0. The molecule has 8 nitrogen and oxygen atoms in total. The Morgan fingerprint density at radius 2 is 2.04 bits per heavy atom. The van der Waals surface area contributed by atoms with Gasteiger partial charge in [0.05, 0.1) is 18.8 Å². The maximum atomic E-state index is 11.9. The Bertz CT molecular complexity index is 870. The van der Waals surface area contributed by atoms with Crippen LogP contribution in [0.15, 0.2) is 17.1 Å². The molecule has 0 aliphatic carbocycles. The number of aliphatic hydroxyl groups is 1. The van der Waals surface area contributed by atoms with E-state index in [9.17, 15) is 9.59 Å². The van der Waals surface area contributed by atoms with E-state index in [0.717, 1.165) is 5.92 Å². The highest BCUT2D eigenvalue weighted by molar-refractivity contribution is 6.34. The van der Waals surface area contributed by atoms with Gasteiger partial charge in [0.2, 0.25) is 0 Å². The van der Waals surface area contributed by atoms with Crippen LogP contribution in [0.25, 0.3) is 11.4 Å². The van der Waals surface area contributed by atoms with Crippen molar-refractivity contribution in [2.75, 3.05) is 13.2 Å². The number of hydrogen-bond acceptors (Lipinski definition) is 5. The van der Waals surface area contributed by atoms with Gasteiger partial charge in [0.15, 0.2) is 5.43 Å². The molecule has 0 aromatic carbocycles. The molecule has 0 amide bonds. The van der Waals surface area contributed by atoms with Gasteiger partial charge in [-0.2, -0.15) is 0 Å². The van der Waals surface area contributed by atoms with Crippen molar-refractivity contribution in [1.29, 1.82) is 0 Å². The number of fused-ring (bicyclic) bond motifs is 3. The second kappa shape index (κ2) is 9.05. The minimum atomic E-state index is -1.26. The average molecular weight is 398 g/mol. The second-order valence-electron chi connectivity index (χ2n) is 6.78. The molecule has 148 valence electrons. The Labute approximate surface area is 162 Å². The lowest BCUT2D eigenvalue weighted by Gasteiger charge is -2.20. The lowest BCUT2D eigenvalue weighted by atomic mass is 10.1. The summed E-state index contributed by atoms with van der Waals surface area (Å²) in [6, 6.07) is 1.25. The number of aromatic nitrogens is 3. The molecule has 0 radical (unpaired) electrons. The number of pyridine rings is 1. The van der Waals surface area contributed by atoms with Crippen LogP contribution in [-0.4, -0.2) is 43.7 Å². The third-order valence-corrected chi connectivity index (χ3v) is 3.90. The van der Waals surface area contributed by atoms with Crippen molar-refractivity contribution in [3.8, 4) is 17.3 Å². The molecule has 2 aromatic heterocycles. The first-order valence-corrected chi connectivity index (χ1v) is 9.12. The lowest BCUT2D eigenvalue weighted by molar-refractivity contribution is 0.0694. The predicted molar refractivity (Wildman–Crippen MR) is 102 cm³/mol. The third kappa shape index (κ3) is 4.90. The van der Waals surface area contributed by atoms with Gasteiger partial charge in [0.1, 0.15) is 16.3 Å². The van der Waals surface area contributed by atoms with Crippen LogP contribution in [0.2, 0.25) is 5.02 Å². The summed E-state index contributed by atoms with van der Waals surface area (Å²) in [5, 5.41) is 22.3. The van der Waals surface area contributed by atoms with Gasteiger partial charge in [-0.1, -0.05) is 32.4 Å². The van der Waals surface area contributed by atoms with Gasteiger partial charge in [-0.05, 0) is 5.92 Å². The molecular formula is C18H24ClN3O5. The largest absolute Gasteiger partial charge is 0.477 e. The summed E-state index contributed by atoms with van der Waals surface area (Å²) < 4.78 is 8.73. The highest BCUT2D eigenvalue weighted by atomic mass is 35.5. The van der Waals surface area contributed by atoms with Crippen molar-refractivity contribution in [2.45, 2.75) is 40.3 Å². The average Bonchev–Trinajstić information content (AvgIpc) is 2.90. The number of carboxylic acid groups (broad SMARTS) is 1. The van der Waals surface area contributed by atoms with E-state index < -0.39 is 11.4 Å². The van der Waals surface area contributed by atoms with Crippen LogP contribution in [0.3, 0.4) is 0 Å². The number of hydrogen-bond donors (Lipinski definition) is 2. The number of carboxylic acids is 1. The molecule has 0 fully saturated rings. The maximum Gasteiger partial charge on any atom is 0.341 e. The van der Waals surface area contributed by atoms with E-state index in [-0.39, 0.29) is 29.7 Å². The molecule has 0 unspecified atom stereocenters. The quantitative estimate of drug-likeness (QED) is 0.751. The highest BCUT2D eigenvalue weighted by Crippen LogP contribution is 2.37. The van der Waals surface area contributed by atoms with Gasteiger partial charge in [-0.25, -0.2) is 4.79 Å². The molecule has 2 aromatic rings. The van der Waals surface area contributed by atoms with Gasteiger partial charge in [0, 0.05) is 31.8 Å². The number of aromatic carboxylic acids is 1. The molecule has 0 saturated carbocycles. The minimum absolute atomic E-state index is 0.00137. The molecule has 3 heterocycles. The minimum Gasteiger partial charge on any atom is -0.477 e. The Morgan fingerprint density at radius 3 is 2.63 bits per heavy atom. The summed E-state index contributed by atoms with van der Waals surface area (Å²) >= 11 is 6.30. The SMILES string of the molecule is CC(C)C.O=C(O)c1cn2c(cc1=O)-c1c(Cl)c(OCCCO)nn1CC2. The number of aliphatic hydroxyl groups excluding tert-OH is 1. The third-order valence-electron chi connectivity index (χ3n) is 3.56. The van der Waals surface area contributed by atoms with E-state index in [1.54, 1.807) is 9.25 Å². The zero-order valence-electron chi connectivity index (χ0n) is 15.6. The topological polar surface area (TPSA) is 107 Å². The summed E-state index contributed by atoms with van der Waals surface area (Å²) in [5.41, 5.74) is 0.154. The van der Waals surface area contributed by atoms with Gasteiger partial charge in [-0.3, -0.25) is 9.48 Å². The molecule has 9 heteroatoms. The van der Waals surface area contributed by atoms with Crippen molar-refractivity contribution >= 4 is 17.6 Å². The number of aryl methyl sites for hydroxylation is 2. The maximum absolute atomic E-state index is 11.9. The number of halogens is 1. The van der Waals surface area contributed by atoms with Crippen molar-refractivity contribution in [3.63, 3.8) is 0 Å². The Balaban J connectivity index is 0.000000596. The summed E-state index contributed by atoms with van der Waals surface area (Å²) in [5.74, 6) is -0.193. The Hall–Kier alpha value is -2.32. The van der Waals surface area contributed by atoms with E-state index in [4.69, 9.17) is 26.6 Å². The first-order valence-electron chi connectivity index (χ1n) is 8.74. The molecule has 3 rings (SSSR count). The standard InChI is InChI=1S/C14H14ClN3O5.C4H10/c15-11-12-9-6-10(20)8(14(21)22)7-17(9)2-3-18(12)16-13(11)23-5-1-4-19;1-4(2)3/h6-7,19H,1-5H2,(H,21,22);4H,1-3H3. The summed E-state index contributed by atoms with van der Waals surface area (Å²) in [7, 11) is 0. The number of ether oxygens (including phenoxy) is 1. The van der Waals surface area contributed by atoms with Crippen molar-refractivity contribution in [2.24, 2.45) is 5.92 Å². The van der Waals surface area contributed by atoms with Crippen molar-refractivity contribution < 1.29 is 19.7 Å². The fourth-order valence-corrected chi connectivity index (χ4v) is 2.76. The normalized spacial score (nSPS) is 12.1. The molecule has 27 heavy (non-hydrogen) atoms. The van der Waals surface area contributed by atoms with Crippen LogP contribution in [-0.2, 0) is 13.1 Å². The van der Waals surface area contributed by atoms with Crippen molar-refractivity contribution in [1.82, 2.24) is 14.3 Å². The van der Waals surface area contributed by atoms with Crippen molar-refractivity contribution in [3.05, 3.63) is 33.1 Å². The van der Waals surface area contributed by atoms with E-state index in [2.05, 4.69) is 25.9 Å². The molecule has 2 N–H and O–H groups in total. The van der Waals surface area contributed by atoms with E-state index in [1.165, 1.54) is 12.3 Å². The molecule has 0 spiro atoms. The molecule has 1 aliphatic rings. The first kappa shape index (κ1) is 21.0. The van der Waals surface area contributed by atoms with Crippen LogP contribution < -0.4 is 10.2 Å². The fraction of sp³-hybridized carbons (Fsp3) is 0.500. The molecular weight excluding hydrogens is 374 g/mol.